The summed E-state index contributed by atoms with van der Waals surface area (Å²) >= 11 is 3.67. The summed E-state index contributed by atoms with van der Waals surface area (Å²) in [5.74, 6) is 0.581. The fourth-order valence-corrected chi connectivity index (χ4v) is 3.63. The minimum absolute atomic E-state index is 0.0135. The molecule has 0 radical (unpaired) electrons. The zero-order chi connectivity index (χ0) is 13.8. The number of rotatable bonds is 5. The molecule has 2 rings (SSSR count). The number of alkyl halides is 1. The van der Waals surface area contributed by atoms with Gasteiger partial charge in [-0.05, 0) is 30.7 Å². The quantitative estimate of drug-likeness (QED) is 0.605. The number of carbonyl (C=O) groups is 1. The molecule has 1 unspecified atom stereocenters. The van der Waals surface area contributed by atoms with Crippen LogP contribution in [0.5, 0.6) is 0 Å². The molecule has 0 N–H and O–H groups in total. The second kappa shape index (κ2) is 6.56. The molecule has 1 aromatic carbocycles. The lowest BCUT2D eigenvalue weighted by molar-refractivity contribution is -0.144. The van der Waals surface area contributed by atoms with Crippen molar-refractivity contribution < 1.29 is 9.53 Å². The maximum Gasteiger partial charge on any atom is 0.309 e. The Morgan fingerprint density at radius 2 is 2.00 bits per heavy atom. The lowest BCUT2D eigenvalue weighted by Crippen LogP contribution is -2.21. The first-order valence-electron chi connectivity index (χ1n) is 6.94. The van der Waals surface area contributed by atoms with Gasteiger partial charge in [-0.1, -0.05) is 60.1 Å². The van der Waals surface area contributed by atoms with Crippen molar-refractivity contribution in [3.63, 3.8) is 0 Å². The monoisotopic (exact) mass is 324 g/mol. The van der Waals surface area contributed by atoms with Crippen molar-refractivity contribution in [2.24, 2.45) is 11.8 Å². The summed E-state index contributed by atoms with van der Waals surface area (Å²) < 4.78 is 5.52. The third kappa shape index (κ3) is 4.07. The van der Waals surface area contributed by atoms with Gasteiger partial charge in [0.2, 0.25) is 0 Å². The van der Waals surface area contributed by atoms with Crippen LogP contribution in [0.25, 0.3) is 0 Å². The van der Waals surface area contributed by atoms with Gasteiger partial charge in [0.25, 0.3) is 0 Å². The highest BCUT2D eigenvalue weighted by Gasteiger charge is 2.37. The van der Waals surface area contributed by atoms with Crippen LogP contribution in [0, 0.1) is 11.8 Å². The summed E-state index contributed by atoms with van der Waals surface area (Å²) in [6.45, 7) is 4.37. The van der Waals surface area contributed by atoms with Crippen LogP contribution in [0.15, 0.2) is 30.3 Å². The van der Waals surface area contributed by atoms with Crippen molar-refractivity contribution in [3.8, 4) is 0 Å². The fourth-order valence-electron chi connectivity index (χ4n) is 2.56. The number of benzene rings is 1. The zero-order valence-electron chi connectivity index (χ0n) is 11.5. The number of ether oxygens (including phenoxy) is 1. The van der Waals surface area contributed by atoms with E-state index in [2.05, 4.69) is 41.9 Å². The predicted octanol–water partition coefficient (Wildman–Crippen LogP) is 3.97. The van der Waals surface area contributed by atoms with Gasteiger partial charge in [-0.15, -0.1) is 0 Å². The normalized spacial score (nSPS) is 24.5. The summed E-state index contributed by atoms with van der Waals surface area (Å²) in [5, 5.41) is 0. The maximum atomic E-state index is 11.9. The van der Waals surface area contributed by atoms with Crippen LogP contribution in [-0.4, -0.2) is 16.9 Å². The van der Waals surface area contributed by atoms with Crippen molar-refractivity contribution in [1.82, 2.24) is 0 Å². The second-order valence-electron chi connectivity index (χ2n) is 5.74. The van der Waals surface area contributed by atoms with Crippen LogP contribution in [0.1, 0.15) is 32.3 Å². The van der Waals surface area contributed by atoms with Crippen LogP contribution in [-0.2, 0) is 16.0 Å². The minimum atomic E-state index is -0.0398. The predicted molar refractivity (Wildman–Crippen MR) is 80.3 cm³/mol. The highest BCUT2D eigenvalue weighted by atomic mass is 79.9. The van der Waals surface area contributed by atoms with E-state index >= 15 is 0 Å². The van der Waals surface area contributed by atoms with Gasteiger partial charge < -0.3 is 4.74 Å². The molecule has 0 saturated carbocycles. The first-order valence-corrected chi connectivity index (χ1v) is 7.86. The number of carbonyl (C=O) groups excluding carboxylic acids is 1. The van der Waals surface area contributed by atoms with Gasteiger partial charge in [0, 0.05) is 0 Å². The Bertz CT molecular complexity index is 416. The van der Waals surface area contributed by atoms with Crippen molar-refractivity contribution in [2.75, 3.05) is 0 Å². The largest absolute Gasteiger partial charge is 0.461 e. The van der Waals surface area contributed by atoms with Crippen LogP contribution in [0.3, 0.4) is 0 Å². The molecule has 3 heteroatoms. The van der Waals surface area contributed by atoms with E-state index in [-0.39, 0.29) is 22.8 Å². The molecule has 1 aromatic rings. The highest BCUT2D eigenvalue weighted by molar-refractivity contribution is 9.09. The molecule has 0 amide bonds. The molecule has 1 saturated heterocycles. The molecular weight excluding hydrogens is 304 g/mol. The lowest BCUT2D eigenvalue weighted by atomic mass is 9.94. The van der Waals surface area contributed by atoms with Crippen LogP contribution >= 0.6 is 15.9 Å². The molecule has 1 fully saturated rings. The Morgan fingerprint density at radius 1 is 1.32 bits per heavy atom. The van der Waals surface area contributed by atoms with Crippen molar-refractivity contribution >= 4 is 21.9 Å². The molecule has 104 valence electrons. The molecule has 1 aliphatic heterocycles. The maximum absolute atomic E-state index is 11.9. The van der Waals surface area contributed by atoms with Crippen molar-refractivity contribution in [3.05, 3.63) is 35.9 Å². The summed E-state index contributed by atoms with van der Waals surface area (Å²) in [6, 6.07) is 10.2. The Balaban J connectivity index is 1.92. The Hall–Kier alpha value is -0.830. The summed E-state index contributed by atoms with van der Waals surface area (Å²) in [7, 11) is 0. The van der Waals surface area contributed by atoms with E-state index < -0.39 is 0 Å². The molecule has 1 heterocycles. The molecule has 19 heavy (non-hydrogen) atoms. The topological polar surface area (TPSA) is 26.3 Å². The van der Waals surface area contributed by atoms with E-state index in [9.17, 15) is 4.79 Å². The van der Waals surface area contributed by atoms with E-state index in [1.165, 1.54) is 5.56 Å². The molecule has 1 aliphatic rings. The van der Waals surface area contributed by atoms with Gasteiger partial charge in [0.1, 0.15) is 6.10 Å². The first kappa shape index (κ1) is 14.6. The number of hydrogen-bond donors (Lipinski definition) is 0. The number of halogens is 1. The average molecular weight is 325 g/mol. The Labute approximate surface area is 123 Å². The van der Waals surface area contributed by atoms with Gasteiger partial charge in [0.15, 0.2) is 0 Å². The van der Waals surface area contributed by atoms with E-state index in [0.717, 1.165) is 19.3 Å². The number of cyclic esters (lactones) is 1. The standard InChI is InChI=1S/C16H21BrO2/c1-11(2)8-14(17)15-10-13(16(18)19-15)9-12-6-4-3-5-7-12/h3-7,11,13-15H,8-10H2,1-2H3/t13-,14?,15+/m1/s1. The lowest BCUT2D eigenvalue weighted by Gasteiger charge is -2.18. The molecule has 0 spiro atoms. The molecule has 0 bridgehead atoms. The molecular formula is C16H21BrO2. The van der Waals surface area contributed by atoms with Gasteiger partial charge in [-0.3, -0.25) is 4.79 Å². The molecule has 2 nitrogen and oxygen atoms in total. The number of hydrogen-bond acceptors (Lipinski definition) is 2. The van der Waals surface area contributed by atoms with Crippen molar-refractivity contribution in [1.29, 1.82) is 0 Å². The summed E-state index contributed by atoms with van der Waals surface area (Å²) in [5.41, 5.74) is 1.21. The summed E-state index contributed by atoms with van der Waals surface area (Å²) in [6.07, 6.45) is 2.69. The van der Waals surface area contributed by atoms with Gasteiger partial charge in [0.05, 0.1) is 10.7 Å². The Kier molecular flexibility index (Phi) is 5.03. The second-order valence-corrected chi connectivity index (χ2v) is 6.92. The molecule has 0 aliphatic carbocycles. The SMILES string of the molecule is CC(C)CC(Br)[C@@H]1C[C@@H](Cc2ccccc2)C(=O)O1. The first-order chi connectivity index (χ1) is 9.06. The van der Waals surface area contributed by atoms with E-state index in [4.69, 9.17) is 4.74 Å². The van der Waals surface area contributed by atoms with Gasteiger partial charge in [-0.2, -0.15) is 0 Å². The number of esters is 1. The smallest absolute Gasteiger partial charge is 0.309 e. The highest BCUT2D eigenvalue weighted by Crippen LogP contribution is 2.31. The fraction of sp³-hybridized carbons (Fsp3) is 0.562. The van der Waals surface area contributed by atoms with Gasteiger partial charge in [-0.25, -0.2) is 0 Å². The molecule has 3 atom stereocenters. The van der Waals surface area contributed by atoms with Crippen molar-refractivity contribution in [2.45, 2.75) is 44.0 Å². The average Bonchev–Trinajstić information content (AvgIpc) is 2.72. The van der Waals surface area contributed by atoms with Crippen LogP contribution in [0.2, 0.25) is 0 Å². The third-order valence-electron chi connectivity index (χ3n) is 3.54. The summed E-state index contributed by atoms with van der Waals surface area (Å²) in [4.78, 5) is 12.2. The zero-order valence-corrected chi connectivity index (χ0v) is 13.1. The van der Waals surface area contributed by atoms with Crippen LogP contribution in [0.4, 0.5) is 0 Å². The minimum Gasteiger partial charge on any atom is -0.461 e. The third-order valence-corrected chi connectivity index (χ3v) is 4.51. The molecule has 0 aromatic heterocycles. The van der Waals surface area contributed by atoms with E-state index in [1.807, 2.05) is 18.2 Å². The van der Waals surface area contributed by atoms with Crippen LogP contribution < -0.4 is 0 Å². The van der Waals surface area contributed by atoms with E-state index in [1.54, 1.807) is 0 Å². The van der Waals surface area contributed by atoms with Gasteiger partial charge >= 0.3 is 5.97 Å². The van der Waals surface area contributed by atoms with E-state index in [0.29, 0.717) is 5.92 Å². The Morgan fingerprint density at radius 3 is 2.63 bits per heavy atom.